The van der Waals surface area contributed by atoms with Crippen LogP contribution in [0.4, 0.5) is 0 Å². The smallest absolute Gasteiger partial charge is 0.194 e. The van der Waals surface area contributed by atoms with E-state index in [2.05, 4.69) is 54.0 Å². The molecule has 1 aliphatic rings. The number of methoxy groups -OCH3 is 1. The van der Waals surface area contributed by atoms with Crippen molar-refractivity contribution in [2.75, 3.05) is 60.5 Å². The number of hydrogen-bond acceptors (Lipinski definition) is 4. The Morgan fingerprint density at radius 1 is 1.26 bits per heavy atom. The van der Waals surface area contributed by atoms with Crippen molar-refractivity contribution in [3.63, 3.8) is 0 Å². The first-order valence-corrected chi connectivity index (χ1v) is 9.59. The molecule has 1 aromatic rings. The number of nitrogens with zero attached hydrogens (tertiary/aromatic N) is 4. The Hall–Kier alpha value is -1.06. The molecule has 27 heavy (non-hydrogen) atoms. The van der Waals surface area contributed by atoms with E-state index >= 15 is 0 Å². The molecule has 1 aliphatic heterocycles. The molecule has 0 spiro atoms. The van der Waals surface area contributed by atoms with Crippen LogP contribution in [-0.4, -0.2) is 87.2 Å². The van der Waals surface area contributed by atoms with Gasteiger partial charge in [-0.15, -0.1) is 24.0 Å². The molecule has 0 amide bonds. The van der Waals surface area contributed by atoms with Crippen LogP contribution in [0.5, 0.6) is 5.75 Å². The van der Waals surface area contributed by atoms with Crippen molar-refractivity contribution in [3.8, 4) is 5.75 Å². The molecule has 1 unspecified atom stereocenters. The van der Waals surface area contributed by atoms with Crippen LogP contribution >= 0.6 is 24.0 Å². The van der Waals surface area contributed by atoms with E-state index in [4.69, 9.17) is 9.73 Å². The fourth-order valence-corrected chi connectivity index (χ4v) is 3.23. The lowest BCUT2D eigenvalue weighted by molar-refractivity contribution is 0.122. The molecule has 0 aromatic heterocycles. The van der Waals surface area contributed by atoms with Gasteiger partial charge >= 0.3 is 0 Å². The summed E-state index contributed by atoms with van der Waals surface area (Å²) in [6.45, 7) is 11.3. The van der Waals surface area contributed by atoms with Crippen LogP contribution in [0.25, 0.3) is 0 Å². The number of aliphatic imine (C=N–C) groups is 1. The summed E-state index contributed by atoms with van der Waals surface area (Å²) in [4.78, 5) is 12.0. The summed E-state index contributed by atoms with van der Waals surface area (Å²) >= 11 is 0. The monoisotopic (exact) mass is 489 g/mol. The van der Waals surface area contributed by atoms with Crippen LogP contribution in [-0.2, 0) is 6.54 Å². The van der Waals surface area contributed by atoms with Gasteiger partial charge in [0.05, 0.1) is 13.7 Å². The Morgan fingerprint density at radius 3 is 2.56 bits per heavy atom. The number of nitrogens with one attached hydrogen (secondary N) is 1. The maximum atomic E-state index is 5.47. The Kier molecular flexibility index (Phi) is 11.0. The van der Waals surface area contributed by atoms with E-state index in [-0.39, 0.29) is 24.0 Å². The van der Waals surface area contributed by atoms with Gasteiger partial charge in [0.25, 0.3) is 0 Å². The van der Waals surface area contributed by atoms with E-state index in [1.54, 1.807) is 7.11 Å². The van der Waals surface area contributed by atoms with E-state index in [1.165, 1.54) is 0 Å². The molecular weight excluding hydrogens is 453 g/mol. The maximum absolute atomic E-state index is 5.47. The third kappa shape index (κ3) is 7.46. The Balaban J connectivity index is 0.00000364. The number of piperazine rings is 1. The van der Waals surface area contributed by atoms with Crippen molar-refractivity contribution in [1.82, 2.24) is 20.0 Å². The molecule has 6 nitrogen and oxygen atoms in total. The molecule has 1 aromatic carbocycles. The zero-order valence-electron chi connectivity index (χ0n) is 17.4. The molecule has 0 bridgehead atoms. The fourth-order valence-electron chi connectivity index (χ4n) is 3.23. The van der Waals surface area contributed by atoms with Gasteiger partial charge in [0.2, 0.25) is 0 Å². The van der Waals surface area contributed by atoms with Crippen molar-refractivity contribution in [3.05, 3.63) is 29.8 Å². The highest BCUT2D eigenvalue weighted by atomic mass is 127. The van der Waals surface area contributed by atoms with Crippen LogP contribution in [0, 0.1) is 0 Å². The van der Waals surface area contributed by atoms with Gasteiger partial charge in [-0.25, -0.2) is 0 Å². The van der Waals surface area contributed by atoms with Gasteiger partial charge in [-0.05, 0) is 27.0 Å². The van der Waals surface area contributed by atoms with Gasteiger partial charge in [0.15, 0.2) is 5.96 Å². The van der Waals surface area contributed by atoms with Gasteiger partial charge in [-0.2, -0.15) is 0 Å². The van der Waals surface area contributed by atoms with Gasteiger partial charge in [-0.3, -0.25) is 9.89 Å². The highest BCUT2D eigenvalue weighted by molar-refractivity contribution is 14.0. The van der Waals surface area contributed by atoms with Crippen LogP contribution in [0.15, 0.2) is 29.3 Å². The second-order valence-electron chi connectivity index (χ2n) is 7.05. The number of hydrogen-bond donors (Lipinski definition) is 1. The van der Waals surface area contributed by atoms with Crippen molar-refractivity contribution in [2.24, 2.45) is 4.99 Å². The molecule has 1 heterocycles. The molecule has 1 saturated heterocycles. The summed E-state index contributed by atoms with van der Waals surface area (Å²) in [5, 5.41) is 3.41. The third-order valence-electron chi connectivity index (χ3n) is 4.96. The number of ether oxygens (including phenoxy) is 1. The average Bonchev–Trinajstić information content (AvgIpc) is 2.65. The predicted molar refractivity (Wildman–Crippen MR) is 124 cm³/mol. The summed E-state index contributed by atoms with van der Waals surface area (Å²) in [6.07, 6.45) is 0. The highest BCUT2D eigenvalue weighted by Crippen LogP contribution is 2.18. The summed E-state index contributed by atoms with van der Waals surface area (Å²) in [6, 6.07) is 8.61. The first-order chi connectivity index (χ1) is 12.5. The largest absolute Gasteiger partial charge is 0.496 e. The Bertz CT molecular complexity index is 575. The van der Waals surface area contributed by atoms with Crippen LogP contribution in [0.1, 0.15) is 19.4 Å². The van der Waals surface area contributed by atoms with E-state index in [1.807, 2.05) is 18.2 Å². The summed E-state index contributed by atoms with van der Waals surface area (Å²) in [7, 11) is 5.99. The number of para-hydroxylation sites is 1. The molecule has 154 valence electrons. The van der Waals surface area contributed by atoms with Gasteiger partial charge in [-0.1, -0.05) is 18.2 Å². The second kappa shape index (κ2) is 12.4. The molecule has 0 radical (unpaired) electrons. The normalized spacial score (nSPS) is 17.1. The molecule has 2 rings (SSSR count). The predicted octanol–water partition coefficient (Wildman–Crippen LogP) is 2.35. The molecule has 1 atom stereocenters. The highest BCUT2D eigenvalue weighted by Gasteiger charge is 2.19. The standard InChI is InChI=1S/C20H35N5O.HI/c1-6-21-20(22-15-17(2)25-13-11-23(3)12-14-25)24(4)16-18-9-7-8-10-19(18)26-5;/h7-10,17H,6,11-16H2,1-5H3,(H,21,22);1H. The third-order valence-corrected chi connectivity index (χ3v) is 4.96. The summed E-state index contributed by atoms with van der Waals surface area (Å²) < 4.78 is 5.47. The minimum atomic E-state index is 0. The number of guanidine groups is 1. The van der Waals surface area contributed by atoms with E-state index < -0.39 is 0 Å². The van der Waals surface area contributed by atoms with Crippen LogP contribution in [0.3, 0.4) is 0 Å². The number of benzene rings is 1. The molecular formula is C20H36IN5O. The minimum absolute atomic E-state index is 0. The minimum Gasteiger partial charge on any atom is -0.496 e. The van der Waals surface area contributed by atoms with Crippen LogP contribution < -0.4 is 10.1 Å². The van der Waals surface area contributed by atoms with E-state index in [0.29, 0.717) is 6.04 Å². The van der Waals surface area contributed by atoms with Gasteiger partial charge < -0.3 is 19.9 Å². The van der Waals surface area contributed by atoms with Crippen molar-refractivity contribution in [2.45, 2.75) is 26.4 Å². The molecule has 1 fully saturated rings. The Morgan fingerprint density at radius 2 is 1.93 bits per heavy atom. The fraction of sp³-hybridized carbons (Fsp3) is 0.650. The second-order valence-corrected chi connectivity index (χ2v) is 7.05. The van der Waals surface area contributed by atoms with Crippen LogP contribution in [0.2, 0.25) is 0 Å². The SMILES string of the molecule is CCNC(=NCC(C)N1CCN(C)CC1)N(C)Cc1ccccc1OC.I. The summed E-state index contributed by atoms with van der Waals surface area (Å²) in [5.41, 5.74) is 1.16. The van der Waals surface area contributed by atoms with E-state index in [9.17, 15) is 0 Å². The van der Waals surface area contributed by atoms with Crippen molar-refractivity contribution in [1.29, 1.82) is 0 Å². The average molecular weight is 489 g/mol. The van der Waals surface area contributed by atoms with Gasteiger partial charge in [0, 0.05) is 57.9 Å². The first kappa shape index (κ1) is 24.0. The number of likely N-dealkylation sites (N-methyl/N-ethyl adjacent to an activating group) is 1. The van der Waals surface area contributed by atoms with Gasteiger partial charge in [0.1, 0.15) is 5.75 Å². The molecule has 7 heteroatoms. The van der Waals surface area contributed by atoms with Crippen molar-refractivity contribution >= 4 is 29.9 Å². The lowest BCUT2D eigenvalue weighted by Crippen LogP contribution is -2.49. The van der Waals surface area contributed by atoms with E-state index in [0.717, 1.165) is 63.1 Å². The maximum Gasteiger partial charge on any atom is 0.194 e. The number of rotatable bonds is 7. The Labute approximate surface area is 182 Å². The molecule has 0 aliphatic carbocycles. The topological polar surface area (TPSA) is 43.3 Å². The molecule has 1 N–H and O–H groups in total. The van der Waals surface area contributed by atoms with Crippen molar-refractivity contribution < 1.29 is 4.74 Å². The zero-order valence-corrected chi connectivity index (χ0v) is 19.8. The quantitative estimate of drug-likeness (QED) is 0.362. The first-order valence-electron chi connectivity index (χ1n) is 9.59. The zero-order chi connectivity index (χ0) is 18.9. The lowest BCUT2D eigenvalue weighted by Gasteiger charge is -2.36. The summed E-state index contributed by atoms with van der Waals surface area (Å²) in [5.74, 6) is 1.86. The number of halogens is 1. The molecule has 0 saturated carbocycles. The lowest BCUT2D eigenvalue weighted by atomic mass is 10.2.